The molecule has 12 atom stereocenters. The summed E-state index contributed by atoms with van der Waals surface area (Å²) in [5, 5.41) is 0. The average Bonchev–Trinajstić information content (AvgIpc) is 3.69. The van der Waals surface area contributed by atoms with Crippen molar-refractivity contribution in [3.63, 3.8) is 0 Å². The lowest BCUT2D eigenvalue weighted by atomic mass is 9.47. The molecule has 51 heavy (non-hydrogen) atoms. The SMILES string of the molecule is C[C@@]12CC[C@@H]3[C@H](CC=C4C[C@H](O[C@H]5CC[C@@]6(C)C(=CC[C@@H]7[C@@H]6CC[C@]6(C)C(c8cccnc8)=CC[C@@H]76)C5)CC[C@]43C)[C@H]1CC=C2c1cccnc1. The Morgan fingerprint density at radius 1 is 0.529 bits per heavy atom. The summed E-state index contributed by atoms with van der Waals surface area (Å²) in [6, 6.07) is 8.79. The lowest BCUT2D eigenvalue weighted by Crippen LogP contribution is -2.51. The largest absolute Gasteiger partial charge is 0.374 e. The van der Waals surface area contributed by atoms with E-state index in [1.807, 2.05) is 12.4 Å². The molecule has 4 fully saturated rings. The van der Waals surface area contributed by atoms with Crippen molar-refractivity contribution in [1.29, 1.82) is 0 Å². The molecule has 8 aliphatic rings. The highest BCUT2D eigenvalue weighted by molar-refractivity contribution is 5.73. The van der Waals surface area contributed by atoms with Crippen molar-refractivity contribution >= 4 is 11.1 Å². The van der Waals surface area contributed by atoms with E-state index < -0.39 is 0 Å². The molecule has 2 aromatic rings. The summed E-state index contributed by atoms with van der Waals surface area (Å²) in [5.74, 6) is 4.78. The van der Waals surface area contributed by atoms with Crippen molar-refractivity contribution in [3.05, 3.63) is 95.6 Å². The Bertz CT molecular complexity index is 1670. The van der Waals surface area contributed by atoms with Gasteiger partial charge in [0.1, 0.15) is 0 Å². The minimum absolute atomic E-state index is 0.295. The number of rotatable bonds is 4. The van der Waals surface area contributed by atoms with Crippen molar-refractivity contribution in [2.24, 2.45) is 57.2 Å². The Hall–Kier alpha value is -2.78. The second kappa shape index (κ2) is 11.9. The van der Waals surface area contributed by atoms with Gasteiger partial charge in [-0.3, -0.25) is 9.97 Å². The molecule has 8 aliphatic carbocycles. The lowest BCUT2D eigenvalue weighted by molar-refractivity contribution is -0.0821. The van der Waals surface area contributed by atoms with Gasteiger partial charge in [-0.15, -0.1) is 0 Å². The first-order chi connectivity index (χ1) is 24.7. The van der Waals surface area contributed by atoms with E-state index in [2.05, 4.69) is 98.6 Å². The Balaban J connectivity index is 0.803. The van der Waals surface area contributed by atoms with Crippen LogP contribution in [0.1, 0.15) is 129 Å². The van der Waals surface area contributed by atoms with Crippen LogP contribution in [0.25, 0.3) is 11.1 Å². The number of hydrogen-bond donors (Lipinski definition) is 0. The van der Waals surface area contributed by atoms with Crippen LogP contribution in [0.15, 0.2) is 84.5 Å². The van der Waals surface area contributed by atoms with Gasteiger partial charge in [0.05, 0.1) is 12.2 Å². The summed E-state index contributed by atoms with van der Waals surface area (Å²) in [6.45, 7) is 10.5. The molecule has 0 saturated heterocycles. The van der Waals surface area contributed by atoms with E-state index in [4.69, 9.17) is 4.74 Å². The first kappa shape index (κ1) is 32.8. The fourth-order valence-corrected chi connectivity index (χ4v) is 14.8. The smallest absolute Gasteiger partial charge is 0.0616 e. The fraction of sp³-hybridized carbons (Fsp3) is 0.625. The molecule has 0 aromatic carbocycles. The summed E-state index contributed by atoms with van der Waals surface area (Å²) >= 11 is 0. The maximum Gasteiger partial charge on any atom is 0.0616 e. The van der Waals surface area contributed by atoms with Crippen molar-refractivity contribution in [1.82, 2.24) is 9.97 Å². The summed E-state index contributed by atoms with van der Waals surface area (Å²) in [6.07, 6.45) is 37.3. The standard InChI is InChI=1S/C48H60N2O/c1-45-21-17-35(27-33(45)9-11-37-41-15-13-39(31-7-5-25-49-29-31)47(41,3)23-19-43(37)45)51-36-18-22-46(2)34(28-36)10-12-38-42-16-14-40(32-8-6-26-50-30-32)48(42,4)24-20-44(38)46/h5-10,13-14,25-26,29-30,35-38,41-44H,11-12,15-24,27-28H2,1-4H3/t35-,36+,37-,38+,41-,42+,43-,44+,45-,46+,47+,48-. The highest BCUT2D eigenvalue weighted by Crippen LogP contribution is 2.68. The van der Waals surface area contributed by atoms with Crippen molar-refractivity contribution < 1.29 is 4.74 Å². The fourth-order valence-electron chi connectivity index (χ4n) is 14.8. The van der Waals surface area contributed by atoms with Crippen molar-refractivity contribution in [3.8, 4) is 0 Å². The highest BCUT2D eigenvalue weighted by atomic mass is 16.5. The van der Waals surface area contributed by atoms with Crippen LogP contribution in [-0.4, -0.2) is 22.2 Å². The minimum atomic E-state index is 0.295. The number of allylic oxidation sites excluding steroid dienone is 6. The van der Waals surface area contributed by atoms with Crippen LogP contribution in [0.3, 0.4) is 0 Å². The molecule has 268 valence electrons. The number of pyridine rings is 2. The Kier molecular flexibility index (Phi) is 7.64. The summed E-state index contributed by atoms with van der Waals surface area (Å²) in [4.78, 5) is 8.98. The number of nitrogens with zero attached hydrogens (tertiary/aromatic N) is 2. The van der Waals surface area contributed by atoms with Crippen LogP contribution in [0.4, 0.5) is 0 Å². The van der Waals surface area contributed by atoms with Crippen molar-refractivity contribution in [2.75, 3.05) is 0 Å². The van der Waals surface area contributed by atoms with E-state index in [0.717, 1.165) is 35.5 Å². The number of aromatic nitrogens is 2. The monoisotopic (exact) mass is 680 g/mol. The molecule has 0 unspecified atom stereocenters. The summed E-state index contributed by atoms with van der Waals surface area (Å²) in [5.41, 5.74) is 10.7. The molecule has 0 spiro atoms. The normalized spacial score (nSPS) is 45.4. The molecular formula is C48H60N2O. The molecule has 2 heterocycles. The van der Waals surface area contributed by atoms with Gasteiger partial charge in [0, 0.05) is 24.8 Å². The van der Waals surface area contributed by atoms with E-state index >= 15 is 0 Å². The Morgan fingerprint density at radius 2 is 0.980 bits per heavy atom. The molecule has 0 aliphatic heterocycles. The molecule has 4 saturated carbocycles. The maximum atomic E-state index is 7.18. The van der Waals surface area contributed by atoms with Gasteiger partial charge < -0.3 is 4.74 Å². The zero-order valence-corrected chi connectivity index (χ0v) is 31.7. The molecule has 10 rings (SSSR count). The van der Waals surface area contributed by atoms with E-state index in [0.29, 0.717) is 33.9 Å². The third-order valence-corrected chi connectivity index (χ3v) is 17.6. The molecule has 0 radical (unpaired) electrons. The summed E-state index contributed by atoms with van der Waals surface area (Å²) in [7, 11) is 0. The van der Waals surface area contributed by atoms with Crippen LogP contribution >= 0.6 is 0 Å². The van der Waals surface area contributed by atoms with Crippen molar-refractivity contribution in [2.45, 2.75) is 130 Å². The molecular weight excluding hydrogens is 621 g/mol. The quantitative estimate of drug-likeness (QED) is 0.302. The first-order valence-corrected chi connectivity index (χ1v) is 21.0. The van der Waals surface area contributed by atoms with E-state index in [1.54, 1.807) is 22.3 Å². The zero-order valence-electron chi connectivity index (χ0n) is 31.7. The first-order valence-electron chi connectivity index (χ1n) is 21.0. The highest BCUT2D eigenvalue weighted by Gasteiger charge is 2.59. The van der Waals surface area contributed by atoms with Gasteiger partial charge in [-0.05, 0) is 181 Å². The molecule has 3 heteroatoms. The van der Waals surface area contributed by atoms with Gasteiger partial charge in [0.25, 0.3) is 0 Å². The molecule has 0 amide bonds. The van der Waals surface area contributed by atoms with Crippen LogP contribution in [0, 0.1) is 57.2 Å². The third kappa shape index (κ3) is 4.84. The van der Waals surface area contributed by atoms with E-state index in [-0.39, 0.29) is 0 Å². The minimum Gasteiger partial charge on any atom is -0.374 e. The predicted octanol–water partition coefficient (Wildman–Crippen LogP) is 11.8. The topological polar surface area (TPSA) is 35.0 Å². The maximum absolute atomic E-state index is 7.18. The Labute approximate surface area is 307 Å². The second-order valence-corrected chi connectivity index (χ2v) is 19.5. The van der Waals surface area contributed by atoms with Gasteiger partial charge in [0.15, 0.2) is 0 Å². The number of fused-ring (bicyclic) bond motifs is 10. The number of hydrogen-bond acceptors (Lipinski definition) is 3. The van der Waals surface area contributed by atoms with Gasteiger partial charge in [-0.2, -0.15) is 0 Å². The van der Waals surface area contributed by atoms with Gasteiger partial charge in [-0.1, -0.05) is 75.3 Å². The average molecular weight is 681 g/mol. The second-order valence-electron chi connectivity index (χ2n) is 19.5. The van der Waals surface area contributed by atoms with Gasteiger partial charge >= 0.3 is 0 Å². The molecule has 3 nitrogen and oxygen atoms in total. The Morgan fingerprint density at radius 3 is 1.41 bits per heavy atom. The molecule has 0 bridgehead atoms. The van der Waals surface area contributed by atoms with Crippen LogP contribution in [0.2, 0.25) is 0 Å². The molecule has 0 N–H and O–H groups in total. The third-order valence-electron chi connectivity index (χ3n) is 17.6. The van der Waals surface area contributed by atoms with Crippen LogP contribution in [0.5, 0.6) is 0 Å². The summed E-state index contributed by atoms with van der Waals surface area (Å²) < 4.78 is 7.18. The van der Waals surface area contributed by atoms with Crippen LogP contribution in [-0.2, 0) is 4.74 Å². The van der Waals surface area contributed by atoms with E-state index in [1.165, 1.54) is 101 Å². The van der Waals surface area contributed by atoms with Gasteiger partial charge in [0.2, 0.25) is 0 Å². The zero-order chi connectivity index (χ0) is 34.6. The predicted molar refractivity (Wildman–Crippen MR) is 207 cm³/mol. The lowest BCUT2D eigenvalue weighted by Gasteiger charge is -2.58. The van der Waals surface area contributed by atoms with Crippen LogP contribution < -0.4 is 0 Å². The van der Waals surface area contributed by atoms with E-state index in [9.17, 15) is 0 Å². The number of ether oxygens (including phenoxy) is 1. The molecule has 2 aromatic heterocycles. The van der Waals surface area contributed by atoms with Gasteiger partial charge in [-0.25, -0.2) is 0 Å².